The molecule has 140 valence electrons. The highest BCUT2D eigenvalue weighted by molar-refractivity contribution is 6.32. The van der Waals surface area contributed by atoms with Crippen molar-refractivity contribution in [3.05, 3.63) is 22.7 Å². The van der Waals surface area contributed by atoms with Gasteiger partial charge in [0.25, 0.3) is 5.91 Å². The first-order valence-corrected chi connectivity index (χ1v) is 8.31. The lowest BCUT2D eigenvalue weighted by molar-refractivity contribution is 0.0526. The summed E-state index contributed by atoms with van der Waals surface area (Å²) >= 11 is 6.14. The van der Waals surface area contributed by atoms with Crippen molar-refractivity contribution in [2.45, 2.75) is 33.3 Å². The molecule has 0 aromatic heterocycles. The Morgan fingerprint density at radius 3 is 2.36 bits per heavy atom. The molecule has 0 saturated carbocycles. The van der Waals surface area contributed by atoms with Gasteiger partial charge in [0.1, 0.15) is 5.60 Å². The number of halogens is 1. The summed E-state index contributed by atoms with van der Waals surface area (Å²) in [5.41, 5.74) is -0.231. The van der Waals surface area contributed by atoms with Gasteiger partial charge in [-0.3, -0.25) is 4.79 Å². The molecule has 25 heavy (non-hydrogen) atoms. The zero-order valence-corrected chi connectivity index (χ0v) is 16.0. The van der Waals surface area contributed by atoms with E-state index in [1.807, 2.05) is 6.92 Å². The molecule has 1 aromatic carbocycles. The van der Waals surface area contributed by atoms with Crippen molar-refractivity contribution in [1.82, 2.24) is 10.6 Å². The number of amides is 2. The first kappa shape index (κ1) is 20.9. The Balaban J connectivity index is 2.58. The Labute approximate surface area is 153 Å². The monoisotopic (exact) mass is 372 g/mol. The van der Waals surface area contributed by atoms with E-state index in [0.717, 1.165) is 0 Å². The molecule has 0 aliphatic heterocycles. The molecule has 1 rings (SSSR count). The largest absolute Gasteiger partial charge is 0.493 e. The molecule has 0 radical (unpaired) electrons. The molecule has 0 spiro atoms. The second-order valence-corrected chi connectivity index (χ2v) is 6.51. The van der Waals surface area contributed by atoms with Crippen molar-refractivity contribution < 1.29 is 23.8 Å². The number of alkyl carbamates (subject to hydrolysis) is 1. The molecule has 2 amide bonds. The van der Waals surface area contributed by atoms with Crippen LogP contribution in [0.15, 0.2) is 12.1 Å². The third-order valence-electron chi connectivity index (χ3n) is 2.86. The van der Waals surface area contributed by atoms with E-state index in [4.69, 9.17) is 25.8 Å². The predicted octanol–water partition coefficient (Wildman–Crippen LogP) is 3.00. The van der Waals surface area contributed by atoms with Gasteiger partial charge in [-0.25, -0.2) is 4.79 Å². The standard InChI is InChI=1S/C17H25ClN2O5/c1-6-24-14-12(18)9-11(10-13(14)23-5)15(21)19-7-8-20-16(22)25-17(2,3)4/h9-10H,6-8H2,1-5H3,(H,19,21)(H,20,22). The van der Waals surface area contributed by atoms with Crippen LogP contribution >= 0.6 is 11.6 Å². The number of ether oxygens (including phenoxy) is 3. The molecule has 2 N–H and O–H groups in total. The van der Waals surface area contributed by atoms with E-state index in [9.17, 15) is 9.59 Å². The minimum atomic E-state index is -0.567. The molecule has 0 saturated heterocycles. The lowest BCUT2D eigenvalue weighted by atomic mass is 10.2. The molecule has 0 unspecified atom stereocenters. The van der Waals surface area contributed by atoms with Gasteiger partial charge >= 0.3 is 6.09 Å². The summed E-state index contributed by atoms with van der Waals surface area (Å²) in [6, 6.07) is 3.05. The maximum atomic E-state index is 12.2. The molecule has 0 atom stereocenters. The van der Waals surface area contributed by atoms with Crippen molar-refractivity contribution in [1.29, 1.82) is 0 Å². The van der Waals surface area contributed by atoms with Crippen LogP contribution in [0.3, 0.4) is 0 Å². The lowest BCUT2D eigenvalue weighted by Gasteiger charge is -2.19. The number of rotatable bonds is 7. The highest BCUT2D eigenvalue weighted by atomic mass is 35.5. The first-order valence-electron chi connectivity index (χ1n) is 7.93. The maximum Gasteiger partial charge on any atom is 0.407 e. The maximum absolute atomic E-state index is 12.2. The number of carbonyl (C=O) groups is 2. The van der Waals surface area contributed by atoms with Crippen molar-refractivity contribution in [3.63, 3.8) is 0 Å². The highest BCUT2D eigenvalue weighted by Crippen LogP contribution is 2.36. The van der Waals surface area contributed by atoms with Crippen LogP contribution in [0.5, 0.6) is 11.5 Å². The number of methoxy groups -OCH3 is 1. The smallest absolute Gasteiger partial charge is 0.407 e. The number of benzene rings is 1. The molecular formula is C17H25ClN2O5. The van der Waals surface area contributed by atoms with E-state index in [-0.39, 0.29) is 19.0 Å². The summed E-state index contributed by atoms with van der Waals surface area (Å²) < 4.78 is 15.7. The van der Waals surface area contributed by atoms with Gasteiger partial charge in [-0.05, 0) is 39.8 Å². The fourth-order valence-corrected chi connectivity index (χ4v) is 2.16. The second-order valence-electron chi connectivity index (χ2n) is 6.11. The molecule has 7 nitrogen and oxygen atoms in total. The van der Waals surface area contributed by atoms with Crippen LogP contribution in [-0.2, 0) is 4.74 Å². The number of hydrogen-bond acceptors (Lipinski definition) is 5. The molecule has 0 aliphatic rings. The minimum Gasteiger partial charge on any atom is -0.493 e. The van der Waals surface area contributed by atoms with Gasteiger partial charge < -0.3 is 24.8 Å². The number of nitrogens with one attached hydrogen (secondary N) is 2. The van der Waals surface area contributed by atoms with Crippen LogP contribution in [0.25, 0.3) is 0 Å². The molecule has 0 heterocycles. The summed E-state index contributed by atoms with van der Waals surface area (Å²) in [6.45, 7) is 8.06. The third-order valence-corrected chi connectivity index (χ3v) is 3.14. The van der Waals surface area contributed by atoms with Gasteiger partial charge in [-0.15, -0.1) is 0 Å². The molecule has 0 aliphatic carbocycles. The SMILES string of the molecule is CCOc1c(Cl)cc(C(=O)NCCNC(=O)OC(C)(C)C)cc1OC. The van der Waals surface area contributed by atoms with Gasteiger partial charge in [0.05, 0.1) is 18.7 Å². The quantitative estimate of drug-likeness (QED) is 0.718. The fourth-order valence-electron chi connectivity index (χ4n) is 1.89. The Morgan fingerprint density at radius 1 is 1.16 bits per heavy atom. The first-order chi connectivity index (χ1) is 11.7. The summed E-state index contributed by atoms with van der Waals surface area (Å²) in [4.78, 5) is 23.7. The average Bonchev–Trinajstić information content (AvgIpc) is 2.51. The van der Waals surface area contributed by atoms with Gasteiger partial charge in [0.2, 0.25) is 0 Å². The van der Waals surface area contributed by atoms with Crippen molar-refractivity contribution >= 4 is 23.6 Å². The van der Waals surface area contributed by atoms with E-state index in [2.05, 4.69) is 10.6 Å². The van der Waals surface area contributed by atoms with Crippen molar-refractivity contribution in [2.24, 2.45) is 0 Å². The van der Waals surface area contributed by atoms with Crippen LogP contribution in [0, 0.1) is 0 Å². The zero-order chi connectivity index (χ0) is 19.0. The summed E-state index contributed by atoms with van der Waals surface area (Å²) in [5.74, 6) is 0.440. The minimum absolute atomic E-state index is 0.239. The van der Waals surface area contributed by atoms with Crippen LogP contribution in [0.4, 0.5) is 4.79 Å². The Morgan fingerprint density at radius 2 is 1.80 bits per heavy atom. The van der Waals surface area contributed by atoms with Crippen LogP contribution in [-0.4, -0.2) is 44.4 Å². The summed E-state index contributed by atoms with van der Waals surface area (Å²) in [7, 11) is 1.47. The fraction of sp³-hybridized carbons (Fsp3) is 0.529. The van der Waals surface area contributed by atoms with Gasteiger partial charge in [0.15, 0.2) is 11.5 Å². The Bertz CT molecular complexity index is 614. The van der Waals surface area contributed by atoms with Gasteiger partial charge in [-0.1, -0.05) is 11.6 Å². The van der Waals surface area contributed by atoms with Crippen LogP contribution < -0.4 is 20.1 Å². The van der Waals surface area contributed by atoms with Crippen LogP contribution in [0.2, 0.25) is 5.02 Å². The van der Waals surface area contributed by atoms with E-state index in [1.165, 1.54) is 13.2 Å². The van der Waals surface area contributed by atoms with Gasteiger partial charge in [0, 0.05) is 18.7 Å². The number of hydrogen-bond donors (Lipinski definition) is 2. The molecule has 8 heteroatoms. The molecular weight excluding hydrogens is 348 g/mol. The highest BCUT2D eigenvalue weighted by Gasteiger charge is 2.17. The van der Waals surface area contributed by atoms with E-state index < -0.39 is 11.7 Å². The zero-order valence-electron chi connectivity index (χ0n) is 15.2. The Kier molecular flexibility index (Phi) is 7.83. The molecule has 0 fully saturated rings. The Hall–Kier alpha value is -2.15. The molecule has 1 aromatic rings. The van der Waals surface area contributed by atoms with E-state index in [1.54, 1.807) is 26.8 Å². The summed E-state index contributed by atoms with van der Waals surface area (Å²) in [5, 5.41) is 5.53. The number of carbonyl (C=O) groups excluding carboxylic acids is 2. The predicted molar refractivity (Wildman–Crippen MR) is 95.7 cm³/mol. The van der Waals surface area contributed by atoms with E-state index in [0.29, 0.717) is 28.7 Å². The van der Waals surface area contributed by atoms with E-state index >= 15 is 0 Å². The van der Waals surface area contributed by atoms with Crippen LogP contribution in [0.1, 0.15) is 38.1 Å². The molecule has 0 bridgehead atoms. The third kappa shape index (κ3) is 7.09. The van der Waals surface area contributed by atoms with Gasteiger partial charge in [-0.2, -0.15) is 0 Å². The van der Waals surface area contributed by atoms with Crippen molar-refractivity contribution in [3.8, 4) is 11.5 Å². The summed E-state index contributed by atoms with van der Waals surface area (Å²) in [6.07, 6.45) is -0.535. The van der Waals surface area contributed by atoms with Crippen molar-refractivity contribution in [2.75, 3.05) is 26.8 Å². The average molecular weight is 373 g/mol. The lowest BCUT2D eigenvalue weighted by Crippen LogP contribution is -2.37. The second kappa shape index (κ2) is 9.36. The topological polar surface area (TPSA) is 85.9 Å². The normalized spacial score (nSPS) is 10.8.